The minimum Gasteiger partial charge on any atom is -0.0530 e. The van der Waals surface area contributed by atoms with E-state index in [1.165, 1.54) is 0 Å². The smallest absolute Gasteiger partial charge is 0.0380 e. The molecule has 6 unspecified atom stereocenters. The summed E-state index contributed by atoms with van der Waals surface area (Å²) in [5.41, 5.74) is 0. The van der Waals surface area contributed by atoms with Crippen LogP contribution in [0.5, 0.6) is 0 Å². The van der Waals surface area contributed by atoms with Gasteiger partial charge in [0.05, 0.1) is 0 Å². The van der Waals surface area contributed by atoms with Gasteiger partial charge in [0.25, 0.3) is 0 Å². The van der Waals surface area contributed by atoms with Crippen LogP contribution in [0, 0.1) is 47.3 Å². The average molecular weight is 329 g/mol. The molecule has 0 bridgehead atoms. The molecule has 5 rings (SSSR count). The molecule has 0 amide bonds. The van der Waals surface area contributed by atoms with Gasteiger partial charge in [-0.15, -0.1) is 0 Å². The Morgan fingerprint density at radius 1 is 0.250 bits per heavy atom. The maximum Gasteiger partial charge on any atom is -0.0380 e. The van der Waals surface area contributed by atoms with Gasteiger partial charge in [0.15, 0.2) is 0 Å². The van der Waals surface area contributed by atoms with E-state index in [1.807, 2.05) is 0 Å². The van der Waals surface area contributed by atoms with Gasteiger partial charge in [-0.05, 0) is 98.7 Å². The molecule has 6 atom stereocenters. The van der Waals surface area contributed by atoms with E-state index in [1.54, 1.807) is 103 Å². The van der Waals surface area contributed by atoms with Gasteiger partial charge in [0.1, 0.15) is 0 Å². The monoisotopic (exact) mass is 328 g/mol. The van der Waals surface area contributed by atoms with E-state index < -0.39 is 0 Å². The topological polar surface area (TPSA) is 0 Å². The predicted octanol–water partition coefficient (Wildman–Crippen LogP) is 7.23. The van der Waals surface area contributed by atoms with Gasteiger partial charge in [0, 0.05) is 0 Å². The van der Waals surface area contributed by atoms with E-state index in [9.17, 15) is 0 Å². The van der Waals surface area contributed by atoms with Gasteiger partial charge in [-0.3, -0.25) is 0 Å². The Bertz CT molecular complexity index is 374. The number of fused-ring (bicyclic) bond motifs is 2. The third-order valence-electron chi connectivity index (χ3n) is 9.70. The van der Waals surface area contributed by atoms with E-state index in [-0.39, 0.29) is 0 Å². The third-order valence-corrected chi connectivity index (χ3v) is 9.70. The van der Waals surface area contributed by atoms with Gasteiger partial charge in [0.2, 0.25) is 0 Å². The van der Waals surface area contributed by atoms with Crippen LogP contribution in [0.3, 0.4) is 0 Å². The zero-order chi connectivity index (χ0) is 15.9. The van der Waals surface area contributed by atoms with Crippen molar-refractivity contribution in [1.82, 2.24) is 0 Å². The molecule has 0 aromatic heterocycles. The second kappa shape index (κ2) is 6.96. The van der Waals surface area contributed by atoms with Crippen LogP contribution in [0.1, 0.15) is 103 Å². The maximum absolute atomic E-state index is 1.65. The first-order valence-corrected chi connectivity index (χ1v) is 11.9. The molecular formula is C24H40. The molecule has 0 radical (unpaired) electrons. The summed E-state index contributed by atoms with van der Waals surface area (Å²) in [4.78, 5) is 0. The normalized spacial score (nSPS) is 47.5. The SMILES string of the molecule is C1CCC(C2CCC3CC4CC(C5CCCC5)CCC4CC3C2)C1. The van der Waals surface area contributed by atoms with Crippen LogP contribution in [-0.4, -0.2) is 0 Å². The molecule has 136 valence electrons. The van der Waals surface area contributed by atoms with Crippen molar-refractivity contribution < 1.29 is 0 Å². The van der Waals surface area contributed by atoms with E-state index in [2.05, 4.69) is 0 Å². The Labute approximate surface area is 150 Å². The molecule has 0 aromatic carbocycles. The van der Waals surface area contributed by atoms with Crippen LogP contribution in [-0.2, 0) is 0 Å². The van der Waals surface area contributed by atoms with Gasteiger partial charge in [-0.1, -0.05) is 51.4 Å². The van der Waals surface area contributed by atoms with E-state index in [0.717, 1.165) is 47.3 Å². The number of hydrogen-bond acceptors (Lipinski definition) is 0. The van der Waals surface area contributed by atoms with Gasteiger partial charge in [-0.25, -0.2) is 0 Å². The summed E-state index contributed by atoms with van der Waals surface area (Å²) in [5.74, 6) is 9.14. The molecule has 5 aliphatic carbocycles. The zero-order valence-corrected chi connectivity index (χ0v) is 15.9. The van der Waals surface area contributed by atoms with Gasteiger partial charge in [-0.2, -0.15) is 0 Å². The fraction of sp³-hybridized carbons (Fsp3) is 1.00. The first kappa shape index (κ1) is 16.2. The van der Waals surface area contributed by atoms with Gasteiger partial charge < -0.3 is 0 Å². The fourth-order valence-corrected chi connectivity index (χ4v) is 8.42. The molecule has 0 heteroatoms. The summed E-state index contributed by atoms with van der Waals surface area (Å²) in [6.45, 7) is 0. The van der Waals surface area contributed by atoms with Crippen LogP contribution in [0.15, 0.2) is 0 Å². The molecule has 0 N–H and O–H groups in total. The average Bonchev–Trinajstić information content (AvgIpc) is 3.32. The minimum atomic E-state index is 1.14. The van der Waals surface area contributed by atoms with E-state index in [0.29, 0.717) is 0 Å². The second-order valence-electron chi connectivity index (χ2n) is 10.7. The molecular weight excluding hydrogens is 288 g/mol. The molecule has 5 fully saturated rings. The van der Waals surface area contributed by atoms with Crippen molar-refractivity contribution in [2.45, 2.75) is 103 Å². The van der Waals surface area contributed by atoms with Crippen molar-refractivity contribution in [1.29, 1.82) is 0 Å². The van der Waals surface area contributed by atoms with Crippen LogP contribution in [0.4, 0.5) is 0 Å². The Balaban J connectivity index is 1.19. The van der Waals surface area contributed by atoms with Crippen molar-refractivity contribution in [2.24, 2.45) is 47.3 Å². The number of hydrogen-bond donors (Lipinski definition) is 0. The molecule has 0 nitrogen and oxygen atoms in total. The Morgan fingerprint density at radius 3 is 0.875 bits per heavy atom. The fourth-order valence-electron chi connectivity index (χ4n) is 8.42. The van der Waals surface area contributed by atoms with E-state index >= 15 is 0 Å². The maximum atomic E-state index is 1.65. The molecule has 5 saturated carbocycles. The molecule has 0 aromatic rings. The molecule has 5 aliphatic rings. The summed E-state index contributed by atoms with van der Waals surface area (Å²) in [6.07, 6.45) is 25.5. The summed E-state index contributed by atoms with van der Waals surface area (Å²) in [5, 5.41) is 0. The molecule has 24 heavy (non-hydrogen) atoms. The molecule has 0 heterocycles. The number of rotatable bonds is 2. The van der Waals surface area contributed by atoms with Gasteiger partial charge >= 0.3 is 0 Å². The molecule has 0 saturated heterocycles. The lowest BCUT2D eigenvalue weighted by Gasteiger charge is -2.50. The van der Waals surface area contributed by atoms with Crippen molar-refractivity contribution in [3.63, 3.8) is 0 Å². The predicted molar refractivity (Wildman–Crippen MR) is 102 cm³/mol. The molecule has 0 aliphatic heterocycles. The first-order chi connectivity index (χ1) is 11.9. The summed E-state index contributed by atoms with van der Waals surface area (Å²) in [7, 11) is 0. The van der Waals surface area contributed by atoms with E-state index in [4.69, 9.17) is 0 Å². The quantitative estimate of drug-likeness (QED) is 0.501. The highest BCUT2D eigenvalue weighted by Crippen LogP contribution is 2.55. The summed E-state index contributed by atoms with van der Waals surface area (Å²) >= 11 is 0. The highest BCUT2D eigenvalue weighted by molar-refractivity contribution is 4.95. The molecule has 0 spiro atoms. The van der Waals surface area contributed by atoms with Crippen LogP contribution in [0.25, 0.3) is 0 Å². The van der Waals surface area contributed by atoms with Crippen molar-refractivity contribution in [3.8, 4) is 0 Å². The largest absolute Gasteiger partial charge is 0.0530 e. The lowest BCUT2D eigenvalue weighted by atomic mass is 9.55. The third kappa shape index (κ3) is 3.09. The minimum absolute atomic E-state index is 1.14. The van der Waals surface area contributed by atoms with Crippen LogP contribution in [0.2, 0.25) is 0 Å². The Kier molecular flexibility index (Phi) is 4.69. The van der Waals surface area contributed by atoms with Crippen LogP contribution < -0.4 is 0 Å². The highest BCUT2D eigenvalue weighted by atomic mass is 14.5. The Morgan fingerprint density at radius 2 is 0.542 bits per heavy atom. The second-order valence-corrected chi connectivity index (χ2v) is 10.7. The van der Waals surface area contributed by atoms with Crippen LogP contribution >= 0.6 is 0 Å². The summed E-state index contributed by atoms with van der Waals surface area (Å²) < 4.78 is 0. The Hall–Kier alpha value is 0. The standard InChI is InChI=1S/C24H40/c1-2-6-17(5-1)19-9-11-21-16-24-14-20(18-7-3-4-8-18)10-12-22(24)15-23(21)13-19/h17-24H,1-16H2. The lowest BCUT2D eigenvalue weighted by Crippen LogP contribution is -2.40. The highest BCUT2D eigenvalue weighted by Gasteiger charge is 2.44. The van der Waals surface area contributed by atoms with Crippen molar-refractivity contribution >= 4 is 0 Å². The van der Waals surface area contributed by atoms with Crippen molar-refractivity contribution in [3.05, 3.63) is 0 Å². The lowest BCUT2D eigenvalue weighted by molar-refractivity contribution is 0.00338. The zero-order valence-electron chi connectivity index (χ0n) is 15.9. The summed E-state index contributed by atoms with van der Waals surface area (Å²) in [6, 6.07) is 0. The van der Waals surface area contributed by atoms with Crippen molar-refractivity contribution in [2.75, 3.05) is 0 Å². The first-order valence-electron chi connectivity index (χ1n) is 11.9.